The molecule has 2 aliphatic heterocycles. The molecular formula is C11H14N2O2. The molecule has 1 fully saturated rings. The normalized spacial score (nSPS) is 24.1. The molecule has 80 valence electrons. The van der Waals surface area contributed by atoms with E-state index in [2.05, 4.69) is 22.8 Å². The van der Waals surface area contributed by atoms with Crippen LogP contribution in [0.25, 0.3) is 0 Å². The number of hydrogen-bond acceptors (Lipinski definition) is 4. The second-order valence-corrected chi connectivity index (χ2v) is 3.82. The van der Waals surface area contributed by atoms with Gasteiger partial charge in [0.1, 0.15) is 0 Å². The second-order valence-electron chi connectivity index (χ2n) is 3.82. The minimum Gasteiger partial charge on any atom is -0.454 e. The Morgan fingerprint density at radius 3 is 2.93 bits per heavy atom. The number of rotatable bonds is 1. The summed E-state index contributed by atoms with van der Waals surface area (Å²) >= 11 is 0. The Bertz CT molecular complexity index is 362. The van der Waals surface area contributed by atoms with Gasteiger partial charge in [0.25, 0.3) is 0 Å². The van der Waals surface area contributed by atoms with Crippen LogP contribution >= 0.6 is 0 Å². The van der Waals surface area contributed by atoms with Crippen LogP contribution in [-0.2, 0) is 0 Å². The molecule has 0 saturated carbocycles. The Balaban J connectivity index is 1.85. The highest BCUT2D eigenvalue weighted by Crippen LogP contribution is 2.34. The van der Waals surface area contributed by atoms with Crippen LogP contribution in [0.15, 0.2) is 18.2 Å². The zero-order valence-electron chi connectivity index (χ0n) is 8.45. The van der Waals surface area contributed by atoms with E-state index < -0.39 is 0 Å². The van der Waals surface area contributed by atoms with Crippen molar-refractivity contribution >= 4 is 0 Å². The lowest BCUT2D eigenvalue weighted by Gasteiger charge is -2.24. The number of piperazine rings is 1. The first-order valence-corrected chi connectivity index (χ1v) is 5.27. The molecule has 0 spiro atoms. The van der Waals surface area contributed by atoms with Crippen molar-refractivity contribution in [2.75, 3.05) is 26.4 Å². The van der Waals surface area contributed by atoms with Gasteiger partial charge in [0, 0.05) is 25.7 Å². The van der Waals surface area contributed by atoms with Crippen LogP contribution in [0.5, 0.6) is 11.5 Å². The molecule has 1 aromatic carbocycles. The van der Waals surface area contributed by atoms with Gasteiger partial charge in [-0.3, -0.25) is 0 Å². The first-order chi connectivity index (χ1) is 7.43. The van der Waals surface area contributed by atoms with Crippen LogP contribution in [0, 0.1) is 0 Å². The number of hydrogen-bond donors (Lipinski definition) is 2. The fourth-order valence-electron chi connectivity index (χ4n) is 2.02. The molecule has 2 aliphatic rings. The predicted molar refractivity (Wildman–Crippen MR) is 56.2 cm³/mol. The van der Waals surface area contributed by atoms with E-state index in [1.165, 1.54) is 5.56 Å². The molecule has 2 heterocycles. The molecule has 1 aromatic rings. The molecule has 0 amide bonds. The van der Waals surface area contributed by atoms with Crippen molar-refractivity contribution in [3.63, 3.8) is 0 Å². The smallest absolute Gasteiger partial charge is 0.231 e. The fraction of sp³-hybridized carbons (Fsp3) is 0.455. The molecule has 2 N–H and O–H groups in total. The van der Waals surface area contributed by atoms with Crippen molar-refractivity contribution in [2.24, 2.45) is 0 Å². The minimum atomic E-state index is 0.342. The molecule has 0 aliphatic carbocycles. The third-order valence-corrected chi connectivity index (χ3v) is 2.84. The van der Waals surface area contributed by atoms with Gasteiger partial charge in [-0.1, -0.05) is 6.07 Å². The van der Waals surface area contributed by atoms with E-state index in [9.17, 15) is 0 Å². The Kier molecular flexibility index (Phi) is 2.23. The summed E-state index contributed by atoms with van der Waals surface area (Å²) in [5.41, 5.74) is 1.26. The van der Waals surface area contributed by atoms with Crippen molar-refractivity contribution in [1.29, 1.82) is 0 Å². The number of benzene rings is 1. The monoisotopic (exact) mass is 206 g/mol. The molecule has 0 bridgehead atoms. The van der Waals surface area contributed by atoms with E-state index in [4.69, 9.17) is 9.47 Å². The zero-order valence-corrected chi connectivity index (χ0v) is 8.45. The highest BCUT2D eigenvalue weighted by molar-refractivity contribution is 5.45. The average Bonchev–Trinajstić information content (AvgIpc) is 2.77. The van der Waals surface area contributed by atoms with Crippen LogP contribution in [0.4, 0.5) is 0 Å². The summed E-state index contributed by atoms with van der Waals surface area (Å²) in [7, 11) is 0. The van der Waals surface area contributed by atoms with Gasteiger partial charge < -0.3 is 20.1 Å². The molecule has 0 aromatic heterocycles. The first kappa shape index (κ1) is 9.00. The van der Waals surface area contributed by atoms with Crippen molar-refractivity contribution in [3.8, 4) is 11.5 Å². The van der Waals surface area contributed by atoms with Gasteiger partial charge in [-0.25, -0.2) is 0 Å². The van der Waals surface area contributed by atoms with Gasteiger partial charge in [-0.15, -0.1) is 0 Å². The molecule has 4 heteroatoms. The summed E-state index contributed by atoms with van der Waals surface area (Å²) in [4.78, 5) is 0. The fourth-order valence-corrected chi connectivity index (χ4v) is 2.02. The van der Waals surface area contributed by atoms with Crippen molar-refractivity contribution in [1.82, 2.24) is 10.6 Å². The maximum Gasteiger partial charge on any atom is 0.231 e. The van der Waals surface area contributed by atoms with E-state index >= 15 is 0 Å². The van der Waals surface area contributed by atoms with Crippen molar-refractivity contribution < 1.29 is 9.47 Å². The SMILES string of the molecule is c1cc2c(cc1[C@H]1CNCCN1)OCO2. The van der Waals surface area contributed by atoms with Crippen LogP contribution in [0.3, 0.4) is 0 Å². The van der Waals surface area contributed by atoms with Crippen LogP contribution < -0.4 is 20.1 Å². The Labute approximate surface area is 88.6 Å². The van der Waals surface area contributed by atoms with Gasteiger partial charge in [-0.05, 0) is 17.7 Å². The third-order valence-electron chi connectivity index (χ3n) is 2.84. The molecule has 15 heavy (non-hydrogen) atoms. The second kappa shape index (κ2) is 3.72. The van der Waals surface area contributed by atoms with Gasteiger partial charge in [0.15, 0.2) is 11.5 Å². The maximum absolute atomic E-state index is 5.36. The third kappa shape index (κ3) is 1.66. The lowest BCUT2D eigenvalue weighted by Crippen LogP contribution is -2.42. The van der Waals surface area contributed by atoms with E-state index in [0.717, 1.165) is 31.1 Å². The number of ether oxygens (including phenoxy) is 2. The molecule has 0 radical (unpaired) electrons. The summed E-state index contributed by atoms with van der Waals surface area (Å²) in [6.07, 6.45) is 0. The highest BCUT2D eigenvalue weighted by Gasteiger charge is 2.18. The highest BCUT2D eigenvalue weighted by atomic mass is 16.7. The first-order valence-electron chi connectivity index (χ1n) is 5.27. The molecule has 3 rings (SSSR count). The van der Waals surface area contributed by atoms with Gasteiger partial charge in [0.2, 0.25) is 6.79 Å². The van der Waals surface area contributed by atoms with Crippen molar-refractivity contribution in [3.05, 3.63) is 23.8 Å². The van der Waals surface area contributed by atoms with Gasteiger partial charge >= 0.3 is 0 Å². The predicted octanol–water partition coefficient (Wildman–Crippen LogP) is 0.649. The summed E-state index contributed by atoms with van der Waals surface area (Å²) in [5, 5.41) is 6.83. The van der Waals surface area contributed by atoms with Crippen LogP contribution in [-0.4, -0.2) is 26.4 Å². The standard InChI is InChI=1S/C11H14N2O2/c1-2-10-11(15-7-14-10)5-8(1)9-6-12-3-4-13-9/h1-2,5,9,12-13H,3-4,6-7H2/t9-/m1/s1. The molecule has 0 unspecified atom stereocenters. The van der Waals surface area contributed by atoms with Crippen LogP contribution in [0.1, 0.15) is 11.6 Å². The molecule has 4 nitrogen and oxygen atoms in total. The lowest BCUT2D eigenvalue weighted by molar-refractivity contribution is 0.174. The van der Waals surface area contributed by atoms with E-state index in [-0.39, 0.29) is 0 Å². The summed E-state index contributed by atoms with van der Waals surface area (Å²) < 4.78 is 10.6. The van der Waals surface area contributed by atoms with Gasteiger partial charge in [-0.2, -0.15) is 0 Å². The van der Waals surface area contributed by atoms with E-state index in [1.807, 2.05) is 6.07 Å². The van der Waals surface area contributed by atoms with Crippen LogP contribution in [0.2, 0.25) is 0 Å². The molecule has 1 atom stereocenters. The van der Waals surface area contributed by atoms with E-state index in [0.29, 0.717) is 12.8 Å². The largest absolute Gasteiger partial charge is 0.454 e. The quantitative estimate of drug-likeness (QED) is 0.708. The zero-order chi connectivity index (χ0) is 10.1. The average molecular weight is 206 g/mol. The maximum atomic E-state index is 5.36. The Morgan fingerprint density at radius 2 is 2.07 bits per heavy atom. The molecule has 1 saturated heterocycles. The molecular weight excluding hydrogens is 192 g/mol. The Hall–Kier alpha value is -1.26. The van der Waals surface area contributed by atoms with E-state index in [1.54, 1.807) is 0 Å². The van der Waals surface area contributed by atoms with Gasteiger partial charge in [0.05, 0.1) is 0 Å². The summed E-state index contributed by atoms with van der Waals surface area (Å²) in [6.45, 7) is 3.37. The number of nitrogens with one attached hydrogen (secondary N) is 2. The topological polar surface area (TPSA) is 42.5 Å². The summed E-state index contributed by atoms with van der Waals surface area (Å²) in [6, 6.07) is 6.52. The summed E-state index contributed by atoms with van der Waals surface area (Å²) in [5.74, 6) is 1.71. The van der Waals surface area contributed by atoms with Crippen molar-refractivity contribution in [2.45, 2.75) is 6.04 Å². The lowest BCUT2D eigenvalue weighted by atomic mass is 10.0. The Morgan fingerprint density at radius 1 is 1.13 bits per heavy atom. The number of fused-ring (bicyclic) bond motifs is 1. The minimum absolute atomic E-state index is 0.342.